The van der Waals surface area contributed by atoms with Crippen molar-refractivity contribution in [2.24, 2.45) is 5.92 Å². The zero-order chi connectivity index (χ0) is 19.7. The van der Waals surface area contributed by atoms with Crippen molar-refractivity contribution >= 4 is 11.8 Å². The fraction of sp³-hybridized carbons (Fsp3) is 0.500. The van der Waals surface area contributed by atoms with Crippen molar-refractivity contribution in [3.63, 3.8) is 0 Å². The van der Waals surface area contributed by atoms with Crippen LogP contribution < -0.4 is 0 Å². The first kappa shape index (κ1) is 18.9. The Morgan fingerprint density at radius 2 is 1.68 bits per heavy atom. The highest BCUT2D eigenvalue weighted by molar-refractivity contribution is 6.21. The molecule has 0 N–H and O–H groups in total. The van der Waals surface area contributed by atoms with Crippen molar-refractivity contribution in [2.75, 3.05) is 26.2 Å². The lowest BCUT2D eigenvalue weighted by Crippen LogP contribution is -2.42. The van der Waals surface area contributed by atoms with Gasteiger partial charge in [-0.3, -0.25) is 14.5 Å². The van der Waals surface area contributed by atoms with Gasteiger partial charge < -0.3 is 9.47 Å². The fourth-order valence-corrected chi connectivity index (χ4v) is 4.33. The van der Waals surface area contributed by atoms with E-state index in [1.54, 1.807) is 12.1 Å². The van der Waals surface area contributed by atoms with Gasteiger partial charge in [0.25, 0.3) is 11.8 Å². The van der Waals surface area contributed by atoms with Gasteiger partial charge in [-0.25, -0.2) is 4.98 Å². The first-order valence-corrected chi connectivity index (χ1v) is 10.2. The van der Waals surface area contributed by atoms with Gasteiger partial charge in [0.1, 0.15) is 5.82 Å². The SMILES string of the molecule is CC(C)c1nccn1CC1CCN(CCN2C(=O)c3ccccc3C2=O)CC1. The first-order valence-electron chi connectivity index (χ1n) is 10.2. The number of amides is 2. The van der Waals surface area contributed by atoms with Crippen molar-refractivity contribution in [3.05, 3.63) is 53.6 Å². The molecule has 4 rings (SSSR count). The summed E-state index contributed by atoms with van der Waals surface area (Å²) in [5.41, 5.74) is 1.07. The Balaban J connectivity index is 1.27. The predicted octanol–water partition coefficient (Wildman–Crippen LogP) is 3.01. The summed E-state index contributed by atoms with van der Waals surface area (Å²) in [6.07, 6.45) is 6.26. The molecule has 1 fully saturated rings. The lowest BCUT2D eigenvalue weighted by Gasteiger charge is -2.33. The summed E-state index contributed by atoms with van der Waals surface area (Å²) in [6.45, 7) is 8.64. The minimum absolute atomic E-state index is 0.156. The van der Waals surface area contributed by atoms with Crippen LogP contribution in [0, 0.1) is 5.92 Å². The van der Waals surface area contributed by atoms with Crippen LogP contribution in [0.5, 0.6) is 0 Å². The van der Waals surface area contributed by atoms with Crippen LogP contribution in [-0.2, 0) is 6.54 Å². The number of fused-ring (bicyclic) bond motifs is 1. The molecular formula is C22H28N4O2. The van der Waals surface area contributed by atoms with Crippen molar-refractivity contribution in [2.45, 2.75) is 39.2 Å². The number of likely N-dealkylation sites (tertiary alicyclic amines) is 1. The Hall–Kier alpha value is -2.47. The Kier molecular flexibility index (Phi) is 5.31. The molecule has 2 aromatic rings. The Bertz CT molecular complexity index is 830. The Morgan fingerprint density at radius 1 is 1.04 bits per heavy atom. The van der Waals surface area contributed by atoms with E-state index in [1.807, 2.05) is 18.3 Å². The van der Waals surface area contributed by atoms with Crippen molar-refractivity contribution < 1.29 is 9.59 Å². The second kappa shape index (κ2) is 7.87. The van der Waals surface area contributed by atoms with Crippen molar-refractivity contribution in [1.82, 2.24) is 19.4 Å². The number of rotatable bonds is 6. The minimum Gasteiger partial charge on any atom is -0.334 e. The van der Waals surface area contributed by atoms with Crippen molar-refractivity contribution in [3.8, 4) is 0 Å². The monoisotopic (exact) mass is 380 g/mol. The maximum Gasteiger partial charge on any atom is 0.261 e. The van der Waals surface area contributed by atoms with E-state index < -0.39 is 0 Å². The molecule has 0 spiro atoms. The molecule has 6 nitrogen and oxygen atoms in total. The van der Waals surface area contributed by atoms with Gasteiger partial charge in [0, 0.05) is 37.9 Å². The van der Waals surface area contributed by atoms with E-state index in [0.29, 0.717) is 29.5 Å². The molecule has 6 heteroatoms. The zero-order valence-electron chi connectivity index (χ0n) is 16.7. The number of imide groups is 1. The third-order valence-corrected chi connectivity index (χ3v) is 5.94. The van der Waals surface area contributed by atoms with Crippen LogP contribution in [0.3, 0.4) is 0 Å². The van der Waals surface area contributed by atoms with Crippen LogP contribution in [0.2, 0.25) is 0 Å². The molecule has 2 amide bonds. The number of aromatic nitrogens is 2. The summed E-state index contributed by atoms with van der Waals surface area (Å²) in [4.78, 5) is 33.2. The molecule has 1 aromatic carbocycles. The molecule has 0 aliphatic carbocycles. The van der Waals surface area contributed by atoms with E-state index in [1.165, 1.54) is 4.90 Å². The molecule has 0 atom stereocenters. The van der Waals surface area contributed by atoms with Gasteiger partial charge in [-0.15, -0.1) is 0 Å². The predicted molar refractivity (Wildman–Crippen MR) is 107 cm³/mol. The molecule has 2 aliphatic heterocycles. The van der Waals surface area contributed by atoms with Gasteiger partial charge in [-0.1, -0.05) is 26.0 Å². The van der Waals surface area contributed by atoms with Gasteiger partial charge in [-0.2, -0.15) is 0 Å². The lowest BCUT2D eigenvalue weighted by atomic mass is 9.96. The van der Waals surface area contributed by atoms with Gasteiger partial charge in [0.05, 0.1) is 11.1 Å². The molecule has 0 bridgehead atoms. The summed E-state index contributed by atoms with van der Waals surface area (Å²) in [5.74, 6) is 1.94. The molecule has 1 aromatic heterocycles. The maximum atomic E-state index is 12.5. The largest absolute Gasteiger partial charge is 0.334 e. The Labute approximate surface area is 166 Å². The molecule has 0 unspecified atom stereocenters. The quantitative estimate of drug-likeness (QED) is 0.723. The van der Waals surface area contributed by atoms with E-state index >= 15 is 0 Å². The van der Waals surface area contributed by atoms with Crippen molar-refractivity contribution in [1.29, 1.82) is 0 Å². The van der Waals surface area contributed by atoms with Gasteiger partial charge >= 0.3 is 0 Å². The average molecular weight is 380 g/mol. The highest BCUT2D eigenvalue weighted by atomic mass is 16.2. The number of imidazole rings is 1. The smallest absolute Gasteiger partial charge is 0.261 e. The molecule has 148 valence electrons. The van der Waals surface area contributed by atoms with Crippen LogP contribution in [-0.4, -0.2) is 57.3 Å². The number of benzene rings is 1. The maximum absolute atomic E-state index is 12.5. The molecule has 2 aliphatic rings. The normalized spacial score (nSPS) is 18.3. The highest BCUT2D eigenvalue weighted by Crippen LogP contribution is 2.24. The summed E-state index contributed by atoms with van der Waals surface area (Å²) in [7, 11) is 0. The number of piperidine rings is 1. The number of nitrogens with zero attached hydrogens (tertiary/aromatic N) is 4. The summed E-state index contributed by atoms with van der Waals surface area (Å²) >= 11 is 0. The van der Waals surface area contributed by atoms with Crippen LogP contribution in [0.4, 0.5) is 0 Å². The number of hydrogen-bond donors (Lipinski definition) is 0. The first-order chi connectivity index (χ1) is 13.5. The van der Waals surface area contributed by atoms with E-state index in [0.717, 1.165) is 44.8 Å². The van der Waals surface area contributed by atoms with E-state index in [9.17, 15) is 9.59 Å². The average Bonchev–Trinajstić information content (AvgIpc) is 3.26. The molecule has 3 heterocycles. The molecule has 1 saturated heterocycles. The minimum atomic E-state index is -0.156. The van der Waals surface area contributed by atoms with Gasteiger partial charge in [0.15, 0.2) is 0 Å². The van der Waals surface area contributed by atoms with Crippen LogP contribution >= 0.6 is 0 Å². The Morgan fingerprint density at radius 3 is 2.29 bits per heavy atom. The second-order valence-electron chi connectivity index (χ2n) is 8.19. The van der Waals surface area contributed by atoms with Crippen LogP contribution in [0.1, 0.15) is 59.1 Å². The lowest BCUT2D eigenvalue weighted by molar-refractivity contribution is 0.0624. The van der Waals surface area contributed by atoms with Crippen LogP contribution in [0.15, 0.2) is 36.7 Å². The number of carbonyl (C=O) groups excluding carboxylic acids is 2. The second-order valence-corrected chi connectivity index (χ2v) is 8.19. The third kappa shape index (κ3) is 3.61. The van der Waals surface area contributed by atoms with E-state index in [4.69, 9.17) is 0 Å². The number of hydrogen-bond acceptors (Lipinski definition) is 4. The molecular weight excluding hydrogens is 352 g/mol. The van der Waals surface area contributed by atoms with Gasteiger partial charge in [-0.05, 0) is 44.0 Å². The summed E-state index contributed by atoms with van der Waals surface area (Å²) < 4.78 is 2.30. The standard InChI is InChI=1S/C22H28N4O2/c1-16(2)20-23-9-12-25(20)15-17-7-10-24(11-8-17)13-14-26-21(27)18-5-3-4-6-19(18)22(26)28/h3-6,9,12,16-17H,7-8,10-11,13-15H2,1-2H3. The van der Waals surface area contributed by atoms with E-state index in [2.05, 4.69) is 34.5 Å². The zero-order valence-corrected chi connectivity index (χ0v) is 16.7. The summed E-state index contributed by atoms with van der Waals surface area (Å²) in [5, 5.41) is 0. The fourth-order valence-electron chi connectivity index (χ4n) is 4.33. The third-order valence-electron chi connectivity index (χ3n) is 5.94. The van der Waals surface area contributed by atoms with Gasteiger partial charge in [0.2, 0.25) is 0 Å². The topological polar surface area (TPSA) is 58.4 Å². The molecule has 0 saturated carbocycles. The summed E-state index contributed by atoms with van der Waals surface area (Å²) in [6, 6.07) is 7.09. The number of carbonyl (C=O) groups is 2. The van der Waals surface area contributed by atoms with E-state index in [-0.39, 0.29) is 11.8 Å². The highest BCUT2D eigenvalue weighted by Gasteiger charge is 2.35. The molecule has 0 radical (unpaired) electrons. The molecule has 28 heavy (non-hydrogen) atoms. The van der Waals surface area contributed by atoms with Crippen LogP contribution in [0.25, 0.3) is 0 Å².